The molecule has 0 radical (unpaired) electrons. The molecule has 3 aromatic rings. The van der Waals surface area contributed by atoms with E-state index in [9.17, 15) is 0 Å². The average molecular weight is 317 g/mol. The van der Waals surface area contributed by atoms with Crippen molar-refractivity contribution in [1.82, 2.24) is 9.97 Å². The van der Waals surface area contributed by atoms with Crippen molar-refractivity contribution in [2.75, 3.05) is 4.90 Å². The van der Waals surface area contributed by atoms with E-state index in [4.69, 9.17) is 0 Å². The van der Waals surface area contributed by atoms with Crippen LogP contribution in [-0.2, 0) is 13.1 Å². The molecule has 3 heteroatoms. The Bertz CT molecular complexity index is 696. The second-order valence-corrected chi connectivity index (χ2v) is 6.30. The van der Waals surface area contributed by atoms with Crippen LogP contribution in [0.2, 0.25) is 0 Å². The van der Waals surface area contributed by atoms with Crippen LogP contribution in [-0.4, -0.2) is 9.97 Å². The number of hydrogen-bond acceptors (Lipinski definition) is 3. The van der Waals surface area contributed by atoms with Gasteiger partial charge in [0, 0.05) is 25.5 Å². The fraction of sp³-hybridized carbons (Fsp3) is 0.238. The molecule has 0 unspecified atom stereocenters. The summed E-state index contributed by atoms with van der Waals surface area (Å²) < 4.78 is 0. The zero-order valence-corrected chi connectivity index (χ0v) is 14.3. The highest BCUT2D eigenvalue weighted by molar-refractivity contribution is 5.35. The molecule has 0 atom stereocenters. The lowest BCUT2D eigenvalue weighted by Crippen LogP contribution is -2.24. The van der Waals surface area contributed by atoms with Crippen LogP contribution in [0.1, 0.15) is 36.5 Å². The fourth-order valence-electron chi connectivity index (χ4n) is 2.60. The Morgan fingerprint density at radius 3 is 1.62 bits per heavy atom. The summed E-state index contributed by atoms with van der Waals surface area (Å²) in [5.41, 5.74) is 3.67. The average Bonchev–Trinajstić information content (AvgIpc) is 2.63. The fourth-order valence-corrected chi connectivity index (χ4v) is 2.60. The summed E-state index contributed by atoms with van der Waals surface area (Å²) in [5.74, 6) is 1.21. The van der Waals surface area contributed by atoms with Crippen molar-refractivity contribution in [2.45, 2.75) is 32.9 Å². The maximum atomic E-state index is 4.61. The second kappa shape index (κ2) is 7.73. The molecule has 0 N–H and O–H groups in total. The molecule has 0 saturated carbocycles. The lowest BCUT2D eigenvalue weighted by atomic mass is 10.1. The Morgan fingerprint density at radius 2 is 1.21 bits per heavy atom. The highest BCUT2D eigenvalue weighted by Crippen LogP contribution is 2.18. The van der Waals surface area contributed by atoms with E-state index in [-0.39, 0.29) is 0 Å². The summed E-state index contributed by atoms with van der Waals surface area (Å²) >= 11 is 0. The van der Waals surface area contributed by atoms with Crippen LogP contribution in [0.25, 0.3) is 0 Å². The Labute approximate surface area is 144 Å². The van der Waals surface area contributed by atoms with E-state index in [2.05, 4.69) is 77.2 Å². The van der Waals surface area contributed by atoms with E-state index in [1.165, 1.54) is 11.1 Å². The van der Waals surface area contributed by atoms with E-state index >= 15 is 0 Å². The molecule has 0 saturated heterocycles. The maximum absolute atomic E-state index is 4.61. The number of hydrogen-bond donors (Lipinski definition) is 0. The van der Waals surface area contributed by atoms with Crippen molar-refractivity contribution in [3.63, 3.8) is 0 Å². The van der Waals surface area contributed by atoms with Gasteiger partial charge >= 0.3 is 0 Å². The summed E-state index contributed by atoms with van der Waals surface area (Å²) in [6, 6.07) is 20.9. The molecule has 3 nitrogen and oxygen atoms in total. The molecule has 0 spiro atoms. The summed E-state index contributed by atoms with van der Waals surface area (Å²) in [6.45, 7) is 5.89. The van der Waals surface area contributed by atoms with E-state index in [0.29, 0.717) is 5.92 Å². The van der Waals surface area contributed by atoms with Gasteiger partial charge in [-0.3, -0.25) is 0 Å². The van der Waals surface area contributed by atoms with Gasteiger partial charge in [-0.05, 0) is 22.6 Å². The molecule has 3 rings (SSSR count). The first-order valence-corrected chi connectivity index (χ1v) is 8.37. The first kappa shape index (κ1) is 16.2. The van der Waals surface area contributed by atoms with Crippen LogP contribution in [0.5, 0.6) is 0 Å². The third-order valence-electron chi connectivity index (χ3n) is 4.04. The van der Waals surface area contributed by atoms with Crippen LogP contribution in [0.4, 0.5) is 5.95 Å². The standard InChI is InChI=1S/C21H23N3/c1-17(2)20-13-22-21(23-14-20)24(15-18-9-5-3-6-10-18)16-19-11-7-4-8-12-19/h3-14,17H,15-16H2,1-2H3. The van der Waals surface area contributed by atoms with E-state index in [0.717, 1.165) is 24.6 Å². The van der Waals surface area contributed by atoms with Gasteiger partial charge in [0.15, 0.2) is 0 Å². The molecule has 0 aliphatic rings. The third-order valence-corrected chi connectivity index (χ3v) is 4.04. The third kappa shape index (κ3) is 4.19. The van der Waals surface area contributed by atoms with Crippen molar-refractivity contribution in [2.24, 2.45) is 0 Å². The van der Waals surface area contributed by atoms with E-state index < -0.39 is 0 Å². The molecule has 122 valence electrons. The number of nitrogens with zero attached hydrogens (tertiary/aromatic N) is 3. The molecule has 24 heavy (non-hydrogen) atoms. The lowest BCUT2D eigenvalue weighted by Gasteiger charge is -2.23. The van der Waals surface area contributed by atoms with Gasteiger partial charge in [0.05, 0.1) is 0 Å². The van der Waals surface area contributed by atoms with Crippen molar-refractivity contribution < 1.29 is 0 Å². The Kier molecular flexibility index (Phi) is 5.22. The summed E-state index contributed by atoms with van der Waals surface area (Å²) in [7, 11) is 0. The van der Waals surface area contributed by atoms with E-state index in [1.54, 1.807) is 0 Å². The number of benzene rings is 2. The Morgan fingerprint density at radius 1 is 0.750 bits per heavy atom. The Hall–Kier alpha value is -2.68. The molecule has 0 amide bonds. The SMILES string of the molecule is CC(C)c1cnc(N(Cc2ccccc2)Cc2ccccc2)nc1. The van der Waals surface area contributed by atoms with Gasteiger partial charge in [0.25, 0.3) is 0 Å². The predicted molar refractivity (Wildman–Crippen MR) is 98.9 cm³/mol. The van der Waals surface area contributed by atoms with Gasteiger partial charge in [-0.2, -0.15) is 0 Å². The summed E-state index contributed by atoms with van der Waals surface area (Å²) in [5, 5.41) is 0. The smallest absolute Gasteiger partial charge is 0.225 e. The second-order valence-electron chi connectivity index (χ2n) is 6.30. The minimum atomic E-state index is 0.441. The highest BCUT2D eigenvalue weighted by atomic mass is 15.2. The molecule has 0 bridgehead atoms. The van der Waals surface area contributed by atoms with Gasteiger partial charge in [0.2, 0.25) is 5.95 Å². The molecule has 0 aliphatic heterocycles. The van der Waals surface area contributed by atoms with Crippen molar-refractivity contribution >= 4 is 5.95 Å². The number of anilines is 1. The van der Waals surface area contributed by atoms with Gasteiger partial charge in [0.1, 0.15) is 0 Å². The first-order chi connectivity index (χ1) is 11.7. The van der Waals surface area contributed by atoms with Gasteiger partial charge in [-0.15, -0.1) is 0 Å². The quantitative estimate of drug-likeness (QED) is 0.653. The van der Waals surface area contributed by atoms with Crippen LogP contribution in [0.3, 0.4) is 0 Å². The van der Waals surface area contributed by atoms with Crippen LogP contribution in [0, 0.1) is 0 Å². The monoisotopic (exact) mass is 317 g/mol. The zero-order chi connectivity index (χ0) is 16.8. The molecule has 1 aromatic heterocycles. The minimum Gasteiger partial charge on any atom is -0.332 e. The van der Waals surface area contributed by atoms with Crippen LogP contribution >= 0.6 is 0 Å². The lowest BCUT2D eigenvalue weighted by molar-refractivity contribution is 0.754. The highest BCUT2D eigenvalue weighted by Gasteiger charge is 2.12. The minimum absolute atomic E-state index is 0.441. The summed E-state index contributed by atoms with van der Waals surface area (Å²) in [6.07, 6.45) is 3.88. The zero-order valence-electron chi connectivity index (χ0n) is 14.3. The first-order valence-electron chi connectivity index (χ1n) is 8.37. The topological polar surface area (TPSA) is 29.0 Å². The van der Waals surface area contributed by atoms with Gasteiger partial charge < -0.3 is 4.90 Å². The number of aromatic nitrogens is 2. The Balaban J connectivity index is 1.86. The number of rotatable bonds is 6. The van der Waals surface area contributed by atoms with Crippen molar-refractivity contribution in [3.8, 4) is 0 Å². The molecule has 2 aromatic carbocycles. The van der Waals surface area contributed by atoms with Crippen molar-refractivity contribution in [3.05, 3.63) is 89.7 Å². The molecular formula is C21H23N3. The van der Waals surface area contributed by atoms with Gasteiger partial charge in [-0.1, -0.05) is 74.5 Å². The van der Waals surface area contributed by atoms with E-state index in [1.807, 2.05) is 24.5 Å². The molecule has 0 fully saturated rings. The molecular weight excluding hydrogens is 294 g/mol. The molecule has 0 aliphatic carbocycles. The van der Waals surface area contributed by atoms with Crippen LogP contribution in [0.15, 0.2) is 73.1 Å². The van der Waals surface area contributed by atoms with Crippen molar-refractivity contribution in [1.29, 1.82) is 0 Å². The van der Waals surface area contributed by atoms with Crippen LogP contribution < -0.4 is 4.90 Å². The normalized spacial score (nSPS) is 10.8. The molecule has 1 heterocycles. The summed E-state index contributed by atoms with van der Waals surface area (Å²) in [4.78, 5) is 11.4. The largest absolute Gasteiger partial charge is 0.332 e. The maximum Gasteiger partial charge on any atom is 0.225 e. The predicted octanol–water partition coefficient (Wildman–Crippen LogP) is 4.81. The van der Waals surface area contributed by atoms with Gasteiger partial charge in [-0.25, -0.2) is 9.97 Å².